The molecule has 0 saturated carbocycles. The maximum absolute atomic E-state index is 11.0. The Morgan fingerprint density at radius 2 is 1.87 bits per heavy atom. The van der Waals surface area contributed by atoms with Crippen molar-refractivity contribution in [2.24, 2.45) is 0 Å². The van der Waals surface area contributed by atoms with Crippen molar-refractivity contribution in [1.82, 2.24) is 15.0 Å². The van der Waals surface area contributed by atoms with Gasteiger partial charge in [0.25, 0.3) is 0 Å². The van der Waals surface area contributed by atoms with Crippen LogP contribution in [0.5, 0.6) is 0 Å². The Labute approximate surface area is 138 Å². The van der Waals surface area contributed by atoms with E-state index in [9.17, 15) is 4.79 Å². The van der Waals surface area contributed by atoms with Crippen molar-refractivity contribution in [2.45, 2.75) is 13.5 Å². The molecule has 1 aromatic heterocycles. The SMILES string of the molecule is Cc1c(C(=O)O)nnn1Cc1ccc(-c2ccccc2Cl)cc1. The number of carboxylic acids is 1. The summed E-state index contributed by atoms with van der Waals surface area (Å²) in [6.45, 7) is 2.16. The summed E-state index contributed by atoms with van der Waals surface area (Å²) in [6.07, 6.45) is 0. The van der Waals surface area contributed by atoms with Gasteiger partial charge in [0.05, 0.1) is 12.2 Å². The molecule has 0 fully saturated rings. The maximum atomic E-state index is 11.0. The van der Waals surface area contributed by atoms with E-state index < -0.39 is 5.97 Å². The van der Waals surface area contributed by atoms with Crippen LogP contribution in [0, 0.1) is 6.92 Å². The highest BCUT2D eigenvalue weighted by Gasteiger charge is 2.15. The molecule has 6 heteroatoms. The Hall–Kier alpha value is -2.66. The third-order valence-corrected chi connectivity index (χ3v) is 3.99. The maximum Gasteiger partial charge on any atom is 0.358 e. The molecule has 0 atom stereocenters. The van der Waals surface area contributed by atoms with Crippen LogP contribution in [0.15, 0.2) is 48.5 Å². The zero-order valence-corrected chi connectivity index (χ0v) is 13.2. The lowest BCUT2D eigenvalue weighted by molar-refractivity contribution is 0.0689. The van der Waals surface area contributed by atoms with Gasteiger partial charge in [0, 0.05) is 10.6 Å². The lowest BCUT2D eigenvalue weighted by atomic mass is 10.0. The number of aromatic nitrogens is 3. The van der Waals surface area contributed by atoms with Crippen LogP contribution in [-0.2, 0) is 6.54 Å². The molecule has 0 amide bonds. The van der Waals surface area contributed by atoms with Crippen LogP contribution >= 0.6 is 11.6 Å². The molecule has 3 aromatic rings. The quantitative estimate of drug-likeness (QED) is 0.794. The number of benzene rings is 2. The average Bonchev–Trinajstić information content (AvgIpc) is 2.90. The number of rotatable bonds is 4. The van der Waals surface area contributed by atoms with Crippen LogP contribution < -0.4 is 0 Å². The van der Waals surface area contributed by atoms with Crippen molar-refractivity contribution in [3.05, 3.63) is 70.5 Å². The third-order valence-electron chi connectivity index (χ3n) is 3.66. The number of carboxylic acid groups (broad SMARTS) is 1. The van der Waals surface area contributed by atoms with Crippen molar-refractivity contribution in [3.63, 3.8) is 0 Å². The number of nitrogens with zero attached hydrogens (tertiary/aromatic N) is 3. The van der Waals surface area contributed by atoms with Crippen LogP contribution in [0.25, 0.3) is 11.1 Å². The smallest absolute Gasteiger partial charge is 0.358 e. The topological polar surface area (TPSA) is 68.0 Å². The predicted octanol–water partition coefficient (Wildman–Crippen LogP) is 3.65. The van der Waals surface area contributed by atoms with Crippen molar-refractivity contribution in [2.75, 3.05) is 0 Å². The Morgan fingerprint density at radius 3 is 2.48 bits per heavy atom. The van der Waals surface area contributed by atoms with Gasteiger partial charge < -0.3 is 5.11 Å². The minimum absolute atomic E-state index is 0.0160. The van der Waals surface area contributed by atoms with E-state index in [0.29, 0.717) is 17.3 Å². The van der Waals surface area contributed by atoms with E-state index in [0.717, 1.165) is 16.7 Å². The molecule has 0 bridgehead atoms. The highest BCUT2D eigenvalue weighted by molar-refractivity contribution is 6.33. The van der Waals surface area contributed by atoms with Crippen molar-refractivity contribution < 1.29 is 9.90 Å². The minimum atomic E-state index is -1.07. The van der Waals surface area contributed by atoms with Crippen LogP contribution in [-0.4, -0.2) is 26.1 Å². The lowest BCUT2D eigenvalue weighted by Crippen LogP contribution is -2.05. The fraction of sp³-hybridized carbons (Fsp3) is 0.118. The zero-order valence-electron chi connectivity index (χ0n) is 12.4. The van der Waals surface area contributed by atoms with E-state index in [1.54, 1.807) is 11.6 Å². The van der Waals surface area contributed by atoms with Gasteiger partial charge in [0.2, 0.25) is 0 Å². The summed E-state index contributed by atoms with van der Waals surface area (Å²) in [4.78, 5) is 11.0. The van der Waals surface area contributed by atoms with Crippen LogP contribution in [0.4, 0.5) is 0 Å². The van der Waals surface area contributed by atoms with Crippen LogP contribution in [0.2, 0.25) is 5.02 Å². The second kappa shape index (κ2) is 6.22. The Bertz CT molecular complexity index is 857. The molecule has 0 unspecified atom stereocenters. The van der Waals surface area contributed by atoms with E-state index in [1.807, 2.05) is 48.5 Å². The standard InChI is InChI=1S/C17H14ClN3O2/c1-11-16(17(22)23)19-20-21(11)10-12-6-8-13(9-7-12)14-4-2-3-5-15(14)18/h2-9H,10H2,1H3,(H,22,23). The number of hydrogen-bond acceptors (Lipinski definition) is 3. The molecule has 1 heterocycles. The molecule has 0 aliphatic carbocycles. The molecule has 23 heavy (non-hydrogen) atoms. The lowest BCUT2D eigenvalue weighted by Gasteiger charge is -2.07. The van der Waals surface area contributed by atoms with E-state index in [1.165, 1.54) is 0 Å². The normalized spacial score (nSPS) is 10.7. The van der Waals surface area contributed by atoms with Gasteiger partial charge in [-0.15, -0.1) is 5.10 Å². The Morgan fingerprint density at radius 1 is 1.17 bits per heavy atom. The molecule has 2 aromatic carbocycles. The molecule has 1 N–H and O–H groups in total. The first kappa shape index (κ1) is 15.2. The third kappa shape index (κ3) is 3.10. The fourth-order valence-corrected chi connectivity index (χ4v) is 2.61. The largest absolute Gasteiger partial charge is 0.476 e. The molecule has 3 rings (SSSR count). The molecular formula is C17H14ClN3O2. The highest BCUT2D eigenvalue weighted by Crippen LogP contribution is 2.27. The monoisotopic (exact) mass is 327 g/mol. The van der Waals surface area contributed by atoms with Crippen molar-refractivity contribution in [3.8, 4) is 11.1 Å². The summed E-state index contributed by atoms with van der Waals surface area (Å²) in [5, 5.41) is 17.3. The molecule has 0 spiro atoms. The summed E-state index contributed by atoms with van der Waals surface area (Å²) in [6, 6.07) is 15.6. The Balaban J connectivity index is 1.83. The first-order valence-electron chi connectivity index (χ1n) is 7.03. The second-order valence-corrected chi connectivity index (χ2v) is 5.57. The molecule has 0 saturated heterocycles. The summed E-state index contributed by atoms with van der Waals surface area (Å²) < 4.78 is 1.58. The van der Waals surface area contributed by atoms with Gasteiger partial charge in [-0.25, -0.2) is 9.48 Å². The second-order valence-electron chi connectivity index (χ2n) is 5.16. The van der Waals surface area contributed by atoms with Gasteiger partial charge in [0.15, 0.2) is 5.69 Å². The van der Waals surface area contributed by atoms with E-state index in [-0.39, 0.29) is 5.69 Å². The Kier molecular flexibility index (Phi) is 4.12. The zero-order chi connectivity index (χ0) is 16.4. The predicted molar refractivity (Wildman–Crippen MR) is 87.7 cm³/mol. The van der Waals surface area contributed by atoms with E-state index >= 15 is 0 Å². The molecule has 0 radical (unpaired) electrons. The van der Waals surface area contributed by atoms with E-state index in [2.05, 4.69) is 10.3 Å². The summed E-state index contributed by atoms with van der Waals surface area (Å²) in [7, 11) is 0. The fourth-order valence-electron chi connectivity index (χ4n) is 2.37. The number of hydrogen-bond donors (Lipinski definition) is 1. The molecule has 116 valence electrons. The minimum Gasteiger partial charge on any atom is -0.476 e. The molecule has 5 nitrogen and oxygen atoms in total. The van der Waals surface area contributed by atoms with Crippen LogP contribution in [0.1, 0.15) is 21.7 Å². The van der Waals surface area contributed by atoms with Crippen LogP contribution in [0.3, 0.4) is 0 Å². The molecule has 0 aliphatic rings. The van der Waals surface area contributed by atoms with Gasteiger partial charge in [0.1, 0.15) is 0 Å². The van der Waals surface area contributed by atoms with Gasteiger partial charge >= 0.3 is 5.97 Å². The molecular weight excluding hydrogens is 314 g/mol. The van der Waals surface area contributed by atoms with Crippen molar-refractivity contribution in [1.29, 1.82) is 0 Å². The van der Waals surface area contributed by atoms with Gasteiger partial charge in [-0.05, 0) is 24.1 Å². The first-order valence-corrected chi connectivity index (χ1v) is 7.41. The number of carbonyl (C=O) groups is 1. The van der Waals surface area contributed by atoms with Gasteiger partial charge in [-0.2, -0.15) is 0 Å². The average molecular weight is 328 g/mol. The summed E-state index contributed by atoms with van der Waals surface area (Å²) in [5.74, 6) is -1.07. The van der Waals surface area contributed by atoms with Crippen molar-refractivity contribution >= 4 is 17.6 Å². The number of halogens is 1. The highest BCUT2D eigenvalue weighted by atomic mass is 35.5. The van der Waals surface area contributed by atoms with E-state index in [4.69, 9.17) is 16.7 Å². The van der Waals surface area contributed by atoms with Gasteiger partial charge in [-0.1, -0.05) is 59.3 Å². The summed E-state index contributed by atoms with van der Waals surface area (Å²) in [5.41, 5.74) is 3.53. The van der Waals surface area contributed by atoms with Gasteiger partial charge in [-0.3, -0.25) is 0 Å². The molecule has 0 aliphatic heterocycles. The first-order chi connectivity index (χ1) is 11.1. The number of aromatic carboxylic acids is 1. The summed E-state index contributed by atoms with van der Waals surface area (Å²) >= 11 is 6.20.